The molecule has 0 N–H and O–H groups in total. The van der Waals surface area contributed by atoms with Crippen LogP contribution in [0.4, 0.5) is 17.1 Å². The summed E-state index contributed by atoms with van der Waals surface area (Å²) in [5.41, 5.74) is 17.1. The minimum Gasteiger partial charge on any atom is -0.449 e. The van der Waals surface area contributed by atoms with Gasteiger partial charge in [-0.3, -0.25) is 0 Å². The fraction of sp³-hybridized carbons (Fsp3) is 0.0182. The van der Waals surface area contributed by atoms with E-state index in [1.807, 2.05) is 0 Å². The Hall–Kier alpha value is -7.62. The Balaban J connectivity index is 0.980. The third kappa shape index (κ3) is 4.74. The number of hydrogen-bond acceptors (Lipinski definition) is 3. The van der Waals surface area contributed by atoms with Gasteiger partial charge in [-0.05, 0) is 104 Å². The first-order valence-electron chi connectivity index (χ1n) is 19.8. The minimum absolute atomic E-state index is 0.542. The first-order chi connectivity index (χ1) is 28.8. The molecule has 9 aromatic rings. The fourth-order valence-electron chi connectivity index (χ4n) is 9.66. The zero-order chi connectivity index (χ0) is 38.2. The van der Waals surface area contributed by atoms with Gasteiger partial charge in [-0.15, -0.1) is 0 Å². The lowest BCUT2D eigenvalue weighted by Crippen LogP contribution is -2.26. The Morgan fingerprint density at radius 2 is 0.741 bits per heavy atom. The van der Waals surface area contributed by atoms with Gasteiger partial charge in [0.05, 0.1) is 11.1 Å². The quantitative estimate of drug-likeness (QED) is 0.175. The highest BCUT2D eigenvalue weighted by Gasteiger charge is 2.54. The van der Waals surface area contributed by atoms with Crippen LogP contribution in [-0.2, 0) is 5.41 Å². The number of benzene rings is 9. The van der Waals surface area contributed by atoms with Gasteiger partial charge in [-0.2, -0.15) is 0 Å². The largest absolute Gasteiger partial charge is 0.449 e. The Morgan fingerprint density at radius 3 is 1.28 bits per heavy atom. The predicted molar refractivity (Wildman–Crippen MR) is 235 cm³/mol. The number of ether oxygens (including phenoxy) is 2. The zero-order valence-electron chi connectivity index (χ0n) is 31.5. The molecule has 3 heteroatoms. The second kappa shape index (κ2) is 12.7. The Labute approximate surface area is 337 Å². The van der Waals surface area contributed by atoms with Crippen LogP contribution < -0.4 is 14.4 Å². The van der Waals surface area contributed by atoms with E-state index in [2.05, 4.69) is 217 Å². The molecule has 12 rings (SSSR count). The van der Waals surface area contributed by atoms with Gasteiger partial charge in [0.25, 0.3) is 0 Å². The van der Waals surface area contributed by atoms with E-state index in [-0.39, 0.29) is 0 Å². The standard InChI is InChI=1S/C55H35NO2/c1-3-13-36(14-4-1)38-23-27-40(28-24-38)56(41-29-25-39(26-30-41)37-15-5-2-6-16-37)42-31-33-50-52(35-42)57-51-34-32-46-45-19-9-12-22-49(45)55(53(46)54(51)58-50)47-20-10-7-17-43(47)44-18-8-11-21-48(44)55/h1-35H. The van der Waals surface area contributed by atoms with Crippen LogP contribution in [0.2, 0.25) is 0 Å². The van der Waals surface area contributed by atoms with Crippen LogP contribution in [0.1, 0.15) is 22.3 Å². The van der Waals surface area contributed by atoms with Crippen molar-refractivity contribution in [1.82, 2.24) is 0 Å². The highest BCUT2D eigenvalue weighted by molar-refractivity contribution is 5.97. The summed E-state index contributed by atoms with van der Waals surface area (Å²) in [6.07, 6.45) is 0. The average Bonchev–Trinajstić information content (AvgIpc) is 3.77. The molecule has 0 radical (unpaired) electrons. The highest BCUT2D eigenvalue weighted by Crippen LogP contribution is 2.67. The van der Waals surface area contributed by atoms with Crippen molar-refractivity contribution in [2.24, 2.45) is 0 Å². The van der Waals surface area contributed by atoms with Crippen molar-refractivity contribution >= 4 is 17.1 Å². The van der Waals surface area contributed by atoms with E-state index >= 15 is 0 Å². The normalized spacial score (nSPS) is 13.2. The molecule has 0 unspecified atom stereocenters. The van der Waals surface area contributed by atoms with Crippen molar-refractivity contribution in [1.29, 1.82) is 0 Å². The molecule has 0 bridgehead atoms. The van der Waals surface area contributed by atoms with Crippen LogP contribution >= 0.6 is 0 Å². The lowest BCUT2D eigenvalue weighted by molar-refractivity contribution is 0.355. The summed E-state index contributed by atoms with van der Waals surface area (Å²) in [4.78, 5) is 2.28. The molecule has 3 nitrogen and oxygen atoms in total. The lowest BCUT2D eigenvalue weighted by Gasteiger charge is -2.33. The van der Waals surface area contributed by atoms with Gasteiger partial charge < -0.3 is 14.4 Å². The van der Waals surface area contributed by atoms with Crippen molar-refractivity contribution < 1.29 is 9.47 Å². The Kier molecular flexibility index (Phi) is 7.14. The third-order valence-corrected chi connectivity index (χ3v) is 12.2. The predicted octanol–water partition coefficient (Wildman–Crippen LogP) is 14.7. The summed E-state index contributed by atoms with van der Waals surface area (Å²) in [5.74, 6) is 2.84. The van der Waals surface area contributed by atoms with Gasteiger partial charge in [0.1, 0.15) is 0 Å². The molecule has 2 aliphatic carbocycles. The monoisotopic (exact) mass is 741 g/mol. The molecule has 0 saturated heterocycles. The van der Waals surface area contributed by atoms with Crippen molar-refractivity contribution in [3.63, 3.8) is 0 Å². The summed E-state index contributed by atoms with van der Waals surface area (Å²) in [6, 6.07) is 75.7. The first-order valence-corrected chi connectivity index (χ1v) is 19.8. The van der Waals surface area contributed by atoms with E-state index in [4.69, 9.17) is 9.47 Å². The first kappa shape index (κ1) is 32.6. The summed E-state index contributed by atoms with van der Waals surface area (Å²) in [5, 5.41) is 0. The minimum atomic E-state index is -0.542. The van der Waals surface area contributed by atoms with Crippen molar-refractivity contribution in [2.75, 3.05) is 4.90 Å². The van der Waals surface area contributed by atoms with Crippen LogP contribution in [0.15, 0.2) is 212 Å². The van der Waals surface area contributed by atoms with Gasteiger partial charge in [-0.25, -0.2) is 0 Å². The number of rotatable bonds is 5. The van der Waals surface area contributed by atoms with Crippen LogP contribution in [0.3, 0.4) is 0 Å². The van der Waals surface area contributed by atoms with Gasteiger partial charge >= 0.3 is 0 Å². The molecule has 0 amide bonds. The molecule has 0 aromatic heterocycles. The molecular weight excluding hydrogens is 707 g/mol. The molecule has 1 aliphatic heterocycles. The molecule has 272 valence electrons. The van der Waals surface area contributed by atoms with Crippen LogP contribution in [0.25, 0.3) is 44.5 Å². The van der Waals surface area contributed by atoms with Crippen LogP contribution in [0, 0.1) is 0 Å². The topological polar surface area (TPSA) is 21.7 Å². The molecule has 0 saturated carbocycles. The zero-order valence-corrected chi connectivity index (χ0v) is 31.5. The molecule has 0 fully saturated rings. The van der Waals surface area contributed by atoms with Gasteiger partial charge in [0.15, 0.2) is 23.0 Å². The average molecular weight is 742 g/mol. The maximum Gasteiger partial charge on any atom is 0.175 e. The van der Waals surface area contributed by atoms with Gasteiger partial charge in [-0.1, -0.05) is 164 Å². The Bertz CT molecular complexity index is 2900. The maximum absolute atomic E-state index is 7.10. The molecule has 1 spiro atoms. The van der Waals surface area contributed by atoms with Gasteiger partial charge in [0, 0.05) is 23.0 Å². The number of nitrogens with zero attached hydrogens (tertiary/aromatic N) is 1. The van der Waals surface area contributed by atoms with E-state index in [0.29, 0.717) is 17.2 Å². The van der Waals surface area contributed by atoms with Crippen molar-refractivity contribution in [3.05, 3.63) is 235 Å². The molecule has 3 aliphatic rings. The highest BCUT2D eigenvalue weighted by atomic mass is 16.6. The molecular formula is C55H35NO2. The maximum atomic E-state index is 7.10. The summed E-state index contributed by atoms with van der Waals surface area (Å²) in [7, 11) is 0. The lowest BCUT2D eigenvalue weighted by atomic mass is 9.70. The van der Waals surface area contributed by atoms with Gasteiger partial charge in [0.2, 0.25) is 0 Å². The number of anilines is 3. The second-order valence-electron chi connectivity index (χ2n) is 15.2. The van der Waals surface area contributed by atoms with E-state index in [0.717, 1.165) is 28.4 Å². The van der Waals surface area contributed by atoms with E-state index in [9.17, 15) is 0 Å². The molecule has 1 heterocycles. The number of fused-ring (bicyclic) bond motifs is 13. The molecule has 58 heavy (non-hydrogen) atoms. The van der Waals surface area contributed by atoms with E-state index in [1.54, 1.807) is 0 Å². The Morgan fingerprint density at radius 1 is 0.310 bits per heavy atom. The van der Waals surface area contributed by atoms with E-state index in [1.165, 1.54) is 61.2 Å². The summed E-state index contributed by atoms with van der Waals surface area (Å²) in [6.45, 7) is 0. The summed E-state index contributed by atoms with van der Waals surface area (Å²) < 4.78 is 14.0. The fourth-order valence-corrected chi connectivity index (χ4v) is 9.66. The number of hydrogen-bond donors (Lipinski definition) is 0. The second-order valence-corrected chi connectivity index (χ2v) is 15.2. The molecule has 9 aromatic carbocycles. The SMILES string of the molecule is c1ccc(-c2ccc(N(c3ccc(-c4ccccc4)cc3)c3ccc4c(c3)Oc3ccc5c(c3O4)C3(c4ccccc4-c4ccccc43)c3ccccc3-5)cc2)cc1. The van der Waals surface area contributed by atoms with Crippen LogP contribution in [-0.4, -0.2) is 0 Å². The molecule has 0 atom stereocenters. The van der Waals surface area contributed by atoms with Crippen molar-refractivity contribution in [3.8, 4) is 67.5 Å². The van der Waals surface area contributed by atoms with E-state index < -0.39 is 5.41 Å². The smallest absolute Gasteiger partial charge is 0.175 e. The third-order valence-electron chi connectivity index (χ3n) is 12.2. The summed E-state index contributed by atoms with van der Waals surface area (Å²) >= 11 is 0. The van der Waals surface area contributed by atoms with Crippen molar-refractivity contribution in [2.45, 2.75) is 5.41 Å². The van der Waals surface area contributed by atoms with Crippen LogP contribution in [0.5, 0.6) is 23.0 Å².